The van der Waals surface area contributed by atoms with Crippen molar-refractivity contribution in [3.63, 3.8) is 0 Å². The SMILES string of the molecule is Cc1[nH]nc(NC(=O)Cc2cccc3nsnc23)c1Br. The van der Waals surface area contributed by atoms with Crippen molar-refractivity contribution in [2.75, 3.05) is 5.32 Å². The zero-order valence-corrected chi connectivity index (χ0v) is 12.9. The van der Waals surface area contributed by atoms with E-state index in [-0.39, 0.29) is 12.3 Å². The first-order valence-electron chi connectivity index (χ1n) is 5.85. The number of nitrogens with zero attached hydrogens (tertiary/aromatic N) is 3. The van der Waals surface area contributed by atoms with Gasteiger partial charge in [0.2, 0.25) is 5.91 Å². The van der Waals surface area contributed by atoms with Crippen LogP contribution in [0.3, 0.4) is 0 Å². The smallest absolute Gasteiger partial charge is 0.230 e. The molecule has 0 spiro atoms. The molecule has 0 aliphatic carbocycles. The maximum absolute atomic E-state index is 12.1. The molecule has 0 saturated heterocycles. The van der Waals surface area contributed by atoms with Crippen molar-refractivity contribution in [3.8, 4) is 0 Å². The van der Waals surface area contributed by atoms with Crippen LogP contribution >= 0.6 is 27.7 Å². The van der Waals surface area contributed by atoms with E-state index in [1.54, 1.807) is 0 Å². The highest BCUT2D eigenvalue weighted by molar-refractivity contribution is 9.10. The summed E-state index contributed by atoms with van der Waals surface area (Å²) in [4.78, 5) is 12.1. The Hall–Kier alpha value is -1.80. The van der Waals surface area contributed by atoms with Gasteiger partial charge in [-0.15, -0.1) is 0 Å². The first-order valence-corrected chi connectivity index (χ1v) is 7.38. The van der Waals surface area contributed by atoms with E-state index in [1.807, 2.05) is 25.1 Å². The number of halogens is 1. The van der Waals surface area contributed by atoms with Gasteiger partial charge in [0.25, 0.3) is 0 Å². The van der Waals surface area contributed by atoms with Crippen LogP contribution in [-0.2, 0) is 11.2 Å². The fourth-order valence-corrected chi connectivity index (χ4v) is 2.70. The van der Waals surface area contributed by atoms with E-state index in [0.717, 1.165) is 38.5 Å². The Morgan fingerprint density at radius 3 is 3.05 bits per heavy atom. The van der Waals surface area contributed by atoms with Gasteiger partial charge in [-0.05, 0) is 34.5 Å². The van der Waals surface area contributed by atoms with E-state index in [0.29, 0.717) is 5.82 Å². The Kier molecular flexibility index (Phi) is 3.49. The van der Waals surface area contributed by atoms with Crippen LogP contribution in [0.4, 0.5) is 5.82 Å². The highest BCUT2D eigenvalue weighted by atomic mass is 79.9. The summed E-state index contributed by atoms with van der Waals surface area (Å²) in [6, 6.07) is 5.64. The summed E-state index contributed by atoms with van der Waals surface area (Å²) < 4.78 is 9.15. The molecule has 0 fully saturated rings. The van der Waals surface area contributed by atoms with E-state index in [4.69, 9.17) is 0 Å². The molecule has 0 bridgehead atoms. The van der Waals surface area contributed by atoms with Gasteiger partial charge < -0.3 is 5.32 Å². The Labute approximate surface area is 127 Å². The van der Waals surface area contributed by atoms with Gasteiger partial charge in [-0.25, -0.2) is 0 Å². The number of amides is 1. The summed E-state index contributed by atoms with van der Waals surface area (Å²) in [5.41, 5.74) is 3.32. The molecule has 1 amide bonds. The summed E-state index contributed by atoms with van der Waals surface area (Å²) in [7, 11) is 0. The molecule has 1 aromatic carbocycles. The number of fused-ring (bicyclic) bond motifs is 1. The number of carbonyl (C=O) groups excluding carboxylic acids is 1. The monoisotopic (exact) mass is 351 g/mol. The number of nitrogens with one attached hydrogen (secondary N) is 2. The first kappa shape index (κ1) is 13.2. The van der Waals surface area contributed by atoms with Crippen molar-refractivity contribution in [3.05, 3.63) is 33.9 Å². The number of H-pyrrole nitrogens is 1. The predicted octanol–water partition coefficient (Wildman–Crippen LogP) is 2.67. The van der Waals surface area contributed by atoms with Crippen LogP contribution in [-0.4, -0.2) is 24.9 Å². The zero-order valence-electron chi connectivity index (χ0n) is 10.5. The number of carbonyl (C=O) groups is 1. The molecule has 3 rings (SSSR count). The van der Waals surface area contributed by atoms with Crippen molar-refractivity contribution >= 4 is 50.4 Å². The maximum Gasteiger partial charge on any atom is 0.230 e. The number of hydrogen-bond acceptors (Lipinski definition) is 5. The lowest BCUT2D eigenvalue weighted by atomic mass is 10.1. The van der Waals surface area contributed by atoms with Crippen LogP contribution < -0.4 is 5.32 Å². The molecule has 2 heterocycles. The second-order valence-electron chi connectivity index (χ2n) is 4.29. The summed E-state index contributed by atoms with van der Waals surface area (Å²) in [5, 5.41) is 9.58. The summed E-state index contributed by atoms with van der Waals surface area (Å²) >= 11 is 4.52. The molecular formula is C12H10BrN5OS. The average Bonchev–Trinajstić information content (AvgIpc) is 3.01. The van der Waals surface area contributed by atoms with E-state index >= 15 is 0 Å². The van der Waals surface area contributed by atoms with Gasteiger partial charge in [-0.1, -0.05) is 12.1 Å². The summed E-state index contributed by atoms with van der Waals surface area (Å²) in [6.45, 7) is 1.87. The van der Waals surface area contributed by atoms with Crippen LogP contribution in [0.25, 0.3) is 11.0 Å². The van der Waals surface area contributed by atoms with Crippen molar-refractivity contribution in [2.45, 2.75) is 13.3 Å². The van der Waals surface area contributed by atoms with Crippen molar-refractivity contribution in [1.82, 2.24) is 18.9 Å². The second kappa shape index (κ2) is 5.29. The van der Waals surface area contributed by atoms with E-state index < -0.39 is 0 Å². The molecule has 0 unspecified atom stereocenters. The minimum absolute atomic E-state index is 0.141. The molecule has 20 heavy (non-hydrogen) atoms. The van der Waals surface area contributed by atoms with Crippen LogP contribution in [0.2, 0.25) is 0 Å². The lowest BCUT2D eigenvalue weighted by Gasteiger charge is -2.03. The first-order chi connectivity index (χ1) is 9.65. The molecule has 0 aliphatic rings. The number of aromatic amines is 1. The normalized spacial score (nSPS) is 10.9. The molecule has 0 saturated carbocycles. The molecule has 0 aliphatic heterocycles. The van der Waals surface area contributed by atoms with Crippen molar-refractivity contribution < 1.29 is 4.79 Å². The Morgan fingerprint density at radius 2 is 2.30 bits per heavy atom. The van der Waals surface area contributed by atoms with Gasteiger partial charge in [0.1, 0.15) is 11.0 Å². The predicted molar refractivity (Wildman–Crippen MR) is 80.8 cm³/mol. The van der Waals surface area contributed by atoms with Gasteiger partial charge in [0, 0.05) is 5.69 Å². The van der Waals surface area contributed by atoms with Crippen LogP contribution in [0, 0.1) is 6.92 Å². The van der Waals surface area contributed by atoms with E-state index in [1.165, 1.54) is 0 Å². The number of benzene rings is 1. The van der Waals surface area contributed by atoms with E-state index in [9.17, 15) is 4.79 Å². The molecule has 3 aromatic rings. The van der Waals surface area contributed by atoms with Gasteiger partial charge in [-0.2, -0.15) is 13.8 Å². The molecule has 8 heteroatoms. The number of hydrogen-bond donors (Lipinski definition) is 2. The molecule has 0 atom stereocenters. The third kappa shape index (κ3) is 2.44. The molecular weight excluding hydrogens is 342 g/mol. The fourth-order valence-electron chi connectivity index (χ4n) is 1.85. The standard InChI is InChI=1S/C12H10BrN5OS/c1-6-10(13)12(16-15-6)14-9(19)5-7-3-2-4-8-11(7)18-20-17-8/h2-4H,5H2,1H3,(H2,14,15,16,19). The lowest BCUT2D eigenvalue weighted by molar-refractivity contribution is -0.115. The van der Waals surface area contributed by atoms with Crippen LogP contribution in [0.15, 0.2) is 22.7 Å². The highest BCUT2D eigenvalue weighted by Gasteiger charge is 2.13. The Morgan fingerprint density at radius 1 is 1.45 bits per heavy atom. The van der Waals surface area contributed by atoms with E-state index in [2.05, 4.69) is 40.2 Å². The number of rotatable bonds is 3. The topological polar surface area (TPSA) is 83.6 Å². The van der Waals surface area contributed by atoms with Crippen LogP contribution in [0.1, 0.15) is 11.3 Å². The Bertz CT molecular complexity index is 781. The average molecular weight is 352 g/mol. The number of aromatic nitrogens is 4. The third-order valence-corrected chi connectivity index (χ3v) is 4.36. The van der Waals surface area contributed by atoms with Crippen molar-refractivity contribution in [1.29, 1.82) is 0 Å². The molecule has 102 valence electrons. The minimum Gasteiger partial charge on any atom is -0.308 e. The van der Waals surface area contributed by atoms with Gasteiger partial charge in [0.15, 0.2) is 5.82 Å². The zero-order chi connectivity index (χ0) is 14.1. The summed E-state index contributed by atoms with van der Waals surface area (Å²) in [6.07, 6.45) is 0.237. The molecule has 2 N–H and O–H groups in total. The van der Waals surface area contributed by atoms with Gasteiger partial charge in [0.05, 0.1) is 22.6 Å². The van der Waals surface area contributed by atoms with Gasteiger partial charge in [-0.3, -0.25) is 9.89 Å². The second-order valence-corrected chi connectivity index (χ2v) is 5.61. The quantitative estimate of drug-likeness (QED) is 0.759. The maximum atomic E-state index is 12.1. The highest BCUT2D eigenvalue weighted by Crippen LogP contribution is 2.23. The lowest BCUT2D eigenvalue weighted by Crippen LogP contribution is -2.15. The van der Waals surface area contributed by atoms with Crippen LogP contribution in [0.5, 0.6) is 0 Å². The Balaban J connectivity index is 1.79. The van der Waals surface area contributed by atoms with Gasteiger partial charge >= 0.3 is 0 Å². The third-order valence-electron chi connectivity index (χ3n) is 2.85. The number of aryl methyl sites for hydroxylation is 1. The fraction of sp³-hybridized carbons (Fsp3) is 0.167. The summed E-state index contributed by atoms with van der Waals surface area (Å²) in [5.74, 6) is 0.355. The molecule has 0 radical (unpaired) electrons. The molecule has 6 nitrogen and oxygen atoms in total. The largest absolute Gasteiger partial charge is 0.308 e. The minimum atomic E-state index is -0.141. The number of anilines is 1. The molecule has 2 aromatic heterocycles. The van der Waals surface area contributed by atoms with Crippen molar-refractivity contribution in [2.24, 2.45) is 0 Å².